The van der Waals surface area contributed by atoms with E-state index < -0.39 is 0 Å². The fourth-order valence-electron chi connectivity index (χ4n) is 3.75. The zero-order chi connectivity index (χ0) is 18.9. The van der Waals surface area contributed by atoms with Crippen molar-refractivity contribution in [1.29, 1.82) is 0 Å². The van der Waals surface area contributed by atoms with Crippen molar-refractivity contribution >= 4 is 0 Å². The van der Waals surface area contributed by atoms with Crippen molar-refractivity contribution in [2.24, 2.45) is 11.8 Å². The Morgan fingerprint density at radius 3 is 1.96 bits per heavy atom. The lowest BCUT2D eigenvalue weighted by Gasteiger charge is -2.21. The standard InChI is InChI=1S/C24H47N/c1-7-24(8-2)22(5)18-14-9-10-15-19-23(6)25-20-16-12-11-13-17-21(3)4/h22,24-25H,3,6-20H2,1-2,4-5H3. The monoisotopic (exact) mass is 349 g/mol. The van der Waals surface area contributed by atoms with Crippen LogP contribution in [0.25, 0.3) is 0 Å². The predicted octanol–water partition coefficient (Wildman–Crippen LogP) is 8.03. The Kier molecular flexibility index (Phi) is 16.3. The largest absolute Gasteiger partial charge is 0.389 e. The van der Waals surface area contributed by atoms with Crippen molar-refractivity contribution < 1.29 is 0 Å². The van der Waals surface area contributed by atoms with Crippen LogP contribution in [0.15, 0.2) is 24.4 Å². The molecule has 25 heavy (non-hydrogen) atoms. The molecule has 0 heterocycles. The highest BCUT2D eigenvalue weighted by molar-refractivity contribution is 4.90. The first-order valence-electron chi connectivity index (χ1n) is 11.1. The molecule has 1 N–H and O–H groups in total. The molecule has 0 spiro atoms. The molecule has 1 atom stereocenters. The van der Waals surface area contributed by atoms with E-state index >= 15 is 0 Å². The van der Waals surface area contributed by atoms with Crippen LogP contribution in [0.5, 0.6) is 0 Å². The van der Waals surface area contributed by atoms with E-state index in [0.29, 0.717) is 0 Å². The molecule has 1 heteroatoms. The maximum Gasteiger partial charge on any atom is 0.0143 e. The molecule has 1 unspecified atom stereocenters. The van der Waals surface area contributed by atoms with Crippen molar-refractivity contribution in [2.75, 3.05) is 6.54 Å². The summed E-state index contributed by atoms with van der Waals surface area (Å²) in [6.07, 6.45) is 17.1. The summed E-state index contributed by atoms with van der Waals surface area (Å²) in [5.41, 5.74) is 2.56. The van der Waals surface area contributed by atoms with E-state index in [-0.39, 0.29) is 0 Å². The van der Waals surface area contributed by atoms with Gasteiger partial charge in [0.25, 0.3) is 0 Å². The normalized spacial score (nSPS) is 12.4. The minimum absolute atomic E-state index is 0.905. The van der Waals surface area contributed by atoms with Crippen LogP contribution in [0.3, 0.4) is 0 Å². The molecule has 0 aliphatic carbocycles. The van der Waals surface area contributed by atoms with Gasteiger partial charge in [-0.05, 0) is 50.9 Å². The lowest BCUT2D eigenvalue weighted by Crippen LogP contribution is -2.13. The molecule has 0 amide bonds. The summed E-state index contributed by atoms with van der Waals surface area (Å²) in [7, 11) is 0. The average Bonchev–Trinajstić information content (AvgIpc) is 2.57. The van der Waals surface area contributed by atoms with Crippen molar-refractivity contribution in [3.63, 3.8) is 0 Å². The molecule has 0 saturated carbocycles. The van der Waals surface area contributed by atoms with Gasteiger partial charge < -0.3 is 5.32 Å². The summed E-state index contributed by atoms with van der Waals surface area (Å²) in [4.78, 5) is 0. The highest BCUT2D eigenvalue weighted by Crippen LogP contribution is 2.24. The molecular weight excluding hydrogens is 302 g/mol. The van der Waals surface area contributed by atoms with Gasteiger partial charge in [0.05, 0.1) is 0 Å². The number of unbranched alkanes of at least 4 members (excludes halogenated alkanes) is 6. The second-order valence-corrected chi connectivity index (χ2v) is 8.16. The molecule has 0 saturated heterocycles. The number of allylic oxidation sites excluding steroid dienone is 2. The third kappa shape index (κ3) is 15.3. The maximum atomic E-state index is 4.18. The first kappa shape index (κ1) is 24.3. The van der Waals surface area contributed by atoms with Gasteiger partial charge in [-0.3, -0.25) is 0 Å². The maximum absolute atomic E-state index is 4.18. The molecule has 0 aliphatic heterocycles. The smallest absolute Gasteiger partial charge is 0.0143 e. The minimum atomic E-state index is 0.905. The van der Waals surface area contributed by atoms with E-state index in [0.717, 1.165) is 24.8 Å². The van der Waals surface area contributed by atoms with Crippen LogP contribution in [0.1, 0.15) is 111 Å². The van der Waals surface area contributed by atoms with Gasteiger partial charge in [-0.1, -0.05) is 84.3 Å². The van der Waals surface area contributed by atoms with Crippen LogP contribution in [-0.2, 0) is 0 Å². The van der Waals surface area contributed by atoms with E-state index in [4.69, 9.17) is 0 Å². The van der Waals surface area contributed by atoms with E-state index in [1.807, 2.05) is 0 Å². The van der Waals surface area contributed by atoms with Crippen LogP contribution in [0.2, 0.25) is 0 Å². The second kappa shape index (κ2) is 16.7. The van der Waals surface area contributed by atoms with Gasteiger partial charge in [-0.25, -0.2) is 0 Å². The van der Waals surface area contributed by atoms with E-state index in [2.05, 4.69) is 46.2 Å². The van der Waals surface area contributed by atoms with Crippen LogP contribution in [-0.4, -0.2) is 6.54 Å². The fourth-order valence-corrected chi connectivity index (χ4v) is 3.75. The van der Waals surface area contributed by atoms with Crippen LogP contribution in [0, 0.1) is 11.8 Å². The Labute approximate surface area is 159 Å². The molecule has 0 radical (unpaired) electrons. The lowest BCUT2D eigenvalue weighted by molar-refractivity contribution is 0.309. The molecule has 148 valence electrons. The zero-order valence-corrected chi connectivity index (χ0v) is 18.0. The first-order chi connectivity index (χ1) is 12.0. The predicted molar refractivity (Wildman–Crippen MR) is 116 cm³/mol. The average molecular weight is 350 g/mol. The molecule has 1 nitrogen and oxygen atoms in total. The van der Waals surface area contributed by atoms with Crippen LogP contribution >= 0.6 is 0 Å². The molecule has 0 bridgehead atoms. The summed E-state index contributed by atoms with van der Waals surface area (Å²) in [5.74, 6) is 1.84. The Balaban J connectivity index is 3.40. The van der Waals surface area contributed by atoms with Gasteiger partial charge in [-0.15, -0.1) is 6.58 Å². The number of rotatable bonds is 18. The Bertz CT molecular complexity index is 327. The Hall–Kier alpha value is -0.720. The van der Waals surface area contributed by atoms with Crippen molar-refractivity contribution in [1.82, 2.24) is 5.32 Å². The van der Waals surface area contributed by atoms with Gasteiger partial charge >= 0.3 is 0 Å². The highest BCUT2D eigenvalue weighted by Gasteiger charge is 2.12. The molecule has 0 rings (SSSR count). The zero-order valence-electron chi connectivity index (χ0n) is 18.0. The van der Waals surface area contributed by atoms with Crippen LogP contribution in [0.4, 0.5) is 0 Å². The third-order valence-corrected chi connectivity index (χ3v) is 5.65. The molecule has 0 fully saturated rings. The van der Waals surface area contributed by atoms with Crippen LogP contribution < -0.4 is 5.32 Å². The molecule has 0 aliphatic rings. The van der Waals surface area contributed by atoms with Gasteiger partial charge in [0.15, 0.2) is 0 Å². The molecular formula is C24H47N. The van der Waals surface area contributed by atoms with Crippen molar-refractivity contribution in [2.45, 2.75) is 111 Å². The lowest BCUT2D eigenvalue weighted by atomic mass is 9.85. The van der Waals surface area contributed by atoms with Gasteiger partial charge in [-0.2, -0.15) is 0 Å². The quantitative estimate of drug-likeness (QED) is 0.195. The van der Waals surface area contributed by atoms with Crippen molar-refractivity contribution in [3.8, 4) is 0 Å². The summed E-state index contributed by atoms with van der Waals surface area (Å²) >= 11 is 0. The van der Waals surface area contributed by atoms with E-state index in [9.17, 15) is 0 Å². The highest BCUT2D eigenvalue weighted by atomic mass is 14.9. The minimum Gasteiger partial charge on any atom is -0.389 e. The van der Waals surface area contributed by atoms with Gasteiger partial charge in [0.2, 0.25) is 0 Å². The van der Waals surface area contributed by atoms with Crippen molar-refractivity contribution in [3.05, 3.63) is 24.4 Å². The van der Waals surface area contributed by atoms with Gasteiger partial charge in [0.1, 0.15) is 0 Å². The Morgan fingerprint density at radius 1 is 0.800 bits per heavy atom. The second-order valence-electron chi connectivity index (χ2n) is 8.16. The Morgan fingerprint density at radius 2 is 1.36 bits per heavy atom. The van der Waals surface area contributed by atoms with E-state index in [1.54, 1.807) is 0 Å². The summed E-state index contributed by atoms with van der Waals surface area (Å²) in [5, 5.41) is 3.51. The number of nitrogens with one attached hydrogen (secondary N) is 1. The topological polar surface area (TPSA) is 12.0 Å². The number of hydrogen-bond donors (Lipinski definition) is 1. The molecule has 0 aromatic heterocycles. The summed E-state index contributed by atoms with van der Waals surface area (Å²) in [6.45, 7) is 18.5. The van der Waals surface area contributed by atoms with Gasteiger partial charge in [0, 0.05) is 12.2 Å². The summed E-state index contributed by atoms with van der Waals surface area (Å²) < 4.78 is 0. The number of hydrogen-bond acceptors (Lipinski definition) is 1. The SMILES string of the molecule is C=C(C)CCCCCCNC(=C)CCCCCCC(C)C(CC)CC. The fraction of sp³-hybridized carbons (Fsp3) is 0.833. The first-order valence-corrected chi connectivity index (χ1v) is 11.1. The molecule has 0 aromatic carbocycles. The summed E-state index contributed by atoms with van der Waals surface area (Å²) in [6, 6.07) is 0. The molecule has 0 aromatic rings. The third-order valence-electron chi connectivity index (χ3n) is 5.65. The van der Waals surface area contributed by atoms with E-state index in [1.165, 1.54) is 88.3 Å².